The Hall–Kier alpha value is -2.73. The van der Waals surface area contributed by atoms with Crippen LogP contribution in [0.15, 0.2) is 42.5 Å². The number of carbonyl (C=O) groups is 2. The Labute approximate surface area is 156 Å². The van der Waals surface area contributed by atoms with E-state index in [0.717, 1.165) is 11.1 Å². The summed E-state index contributed by atoms with van der Waals surface area (Å²) in [5.74, 6) is -0.142. The summed E-state index contributed by atoms with van der Waals surface area (Å²) in [6.45, 7) is 0.361. The molecule has 2 aromatic rings. The van der Waals surface area contributed by atoms with E-state index in [-0.39, 0.29) is 12.5 Å². The molecule has 0 aliphatic carbocycles. The first-order valence-corrected chi connectivity index (χ1v) is 8.60. The Morgan fingerprint density at radius 1 is 1.27 bits per heavy atom. The predicted octanol–water partition coefficient (Wildman–Crippen LogP) is 2.20. The Morgan fingerprint density at radius 2 is 2.00 bits per heavy atom. The molecule has 1 aliphatic rings. The van der Waals surface area contributed by atoms with Crippen LogP contribution in [-0.2, 0) is 22.6 Å². The third-order valence-electron chi connectivity index (χ3n) is 4.49. The summed E-state index contributed by atoms with van der Waals surface area (Å²) < 4.78 is 5.26. The number of nitrogens with one attached hydrogen (secondary N) is 1. The number of nitrogens with two attached hydrogens (primary N) is 1. The van der Waals surface area contributed by atoms with Gasteiger partial charge in [-0.05, 0) is 29.3 Å². The molecular weight excluding hydrogens is 354 g/mol. The molecular formula is C19H20ClN3O3. The highest BCUT2D eigenvalue weighted by Gasteiger charge is 2.33. The van der Waals surface area contributed by atoms with E-state index in [0.29, 0.717) is 29.4 Å². The van der Waals surface area contributed by atoms with E-state index in [1.807, 2.05) is 24.3 Å². The average Bonchev–Trinajstić information content (AvgIpc) is 2.65. The molecule has 6 nitrogen and oxygen atoms in total. The van der Waals surface area contributed by atoms with Gasteiger partial charge in [0, 0.05) is 18.0 Å². The predicted molar refractivity (Wildman–Crippen MR) is 100 cm³/mol. The van der Waals surface area contributed by atoms with Crippen molar-refractivity contribution in [2.75, 3.05) is 19.0 Å². The molecule has 1 aliphatic heterocycles. The van der Waals surface area contributed by atoms with Crippen LogP contribution in [0.4, 0.5) is 5.69 Å². The lowest BCUT2D eigenvalue weighted by Gasteiger charge is -2.35. The number of anilines is 1. The maximum absolute atomic E-state index is 12.8. The van der Waals surface area contributed by atoms with Gasteiger partial charge in [-0.25, -0.2) is 0 Å². The fourth-order valence-electron chi connectivity index (χ4n) is 3.13. The van der Waals surface area contributed by atoms with Gasteiger partial charge >= 0.3 is 0 Å². The SMILES string of the molecule is COc1ccc(Cl)cc1NCC(=O)N1Cc2ccccc2C[C@H]1C(N)=O. The van der Waals surface area contributed by atoms with E-state index in [9.17, 15) is 9.59 Å². The van der Waals surface area contributed by atoms with Crippen LogP contribution >= 0.6 is 11.6 Å². The smallest absolute Gasteiger partial charge is 0.242 e. The van der Waals surface area contributed by atoms with Gasteiger partial charge in [-0.2, -0.15) is 0 Å². The van der Waals surface area contributed by atoms with Crippen molar-refractivity contribution >= 4 is 29.1 Å². The van der Waals surface area contributed by atoms with E-state index in [4.69, 9.17) is 22.1 Å². The molecule has 0 unspecified atom stereocenters. The monoisotopic (exact) mass is 373 g/mol. The molecule has 2 amide bonds. The Bertz CT molecular complexity index is 841. The molecule has 0 fully saturated rings. The third kappa shape index (κ3) is 3.75. The lowest BCUT2D eigenvalue weighted by Crippen LogP contribution is -2.52. The van der Waals surface area contributed by atoms with Crippen LogP contribution in [0.5, 0.6) is 5.75 Å². The van der Waals surface area contributed by atoms with Crippen molar-refractivity contribution in [3.05, 3.63) is 58.6 Å². The third-order valence-corrected chi connectivity index (χ3v) is 4.72. The van der Waals surface area contributed by atoms with Gasteiger partial charge < -0.3 is 20.7 Å². The van der Waals surface area contributed by atoms with Gasteiger partial charge in [0.2, 0.25) is 11.8 Å². The molecule has 7 heteroatoms. The summed E-state index contributed by atoms with van der Waals surface area (Å²) in [5.41, 5.74) is 8.22. The van der Waals surface area contributed by atoms with E-state index in [2.05, 4.69) is 5.32 Å². The number of benzene rings is 2. The van der Waals surface area contributed by atoms with Gasteiger partial charge in [0.15, 0.2) is 0 Å². The highest BCUT2D eigenvalue weighted by molar-refractivity contribution is 6.30. The standard InChI is InChI=1S/C19H20ClN3O3/c1-26-17-7-6-14(20)9-15(17)22-10-18(24)23-11-13-5-3-2-4-12(13)8-16(23)19(21)25/h2-7,9,16,22H,8,10-11H2,1H3,(H2,21,25)/t16-/m0/s1. The van der Waals surface area contributed by atoms with Crippen LogP contribution in [0.2, 0.25) is 5.02 Å². The molecule has 0 spiro atoms. The van der Waals surface area contributed by atoms with Gasteiger partial charge in [0.05, 0.1) is 19.3 Å². The van der Waals surface area contributed by atoms with Gasteiger partial charge in [-0.15, -0.1) is 0 Å². The quantitative estimate of drug-likeness (QED) is 0.841. The minimum atomic E-state index is -0.652. The molecule has 26 heavy (non-hydrogen) atoms. The summed E-state index contributed by atoms with van der Waals surface area (Å²) in [4.78, 5) is 26.2. The number of halogens is 1. The first-order chi connectivity index (χ1) is 12.5. The molecule has 0 saturated heterocycles. The molecule has 3 rings (SSSR count). The fourth-order valence-corrected chi connectivity index (χ4v) is 3.30. The second kappa shape index (κ2) is 7.66. The van der Waals surface area contributed by atoms with Crippen LogP contribution in [0.1, 0.15) is 11.1 Å². The number of fused-ring (bicyclic) bond motifs is 1. The Balaban J connectivity index is 1.76. The first kappa shape index (κ1) is 18.1. The topological polar surface area (TPSA) is 84.7 Å². The number of hydrogen-bond donors (Lipinski definition) is 2. The van der Waals surface area contributed by atoms with Gasteiger partial charge in [-0.3, -0.25) is 9.59 Å². The largest absolute Gasteiger partial charge is 0.495 e. The number of hydrogen-bond acceptors (Lipinski definition) is 4. The van der Waals surface area contributed by atoms with Gasteiger partial charge in [0.1, 0.15) is 11.8 Å². The van der Waals surface area contributed by atoms with Crippen molar-refractivity contribution in [3.8, 4) is 5.75 Å². The van der Waals surface area contributed by atoms with E-state index in [1.165, 1.54) is 4.90 Å². The zero-order valence-corrected chi connectivity index (χ0v) is 15.1. The molecule has 1 atom stereocenters. The minimum Gasteiger partial charge on any atom is -0.495 e. The van der Waals surface area contributed by atoms with Crippen LogP contribution in [-0.4, -0.2) is 36.4 Å². The Kier molecular flexibility index (Phi) is 5.32. The maximum atomic E-state index is 12.8. The zero-order valence-electron chi connectivity index (χ0n) is 14.4. The molecule has 0 aromatic heterocycles. The molecule has 2 aromatic carbocycles. The number of methoxy groups -OCH3 is 1. The second-order valence-electron chi connectivity index (χ2n) is 6.11. The lowest BCUT2D eigenvalue weighted by molar-refractivity contribution is -0.139. The van der Waals surface area contributed by atoms with Crippen molar-refractivity contribution in [1.29, 1.82) is 0 Å². The Morgan fingerprint density at radius 3 is 2.69 bits per heavy atom. The maximum Gasteiger partial charge on any atom is 0.242 e. The number of carbonyl (C=O) groups excluding carboxylic acids is 2. The lowest BCUT2D eigenvalue weighted by atomic mass is 9.93. The average molecular weight is 374 g/mol. The van der Waals surface area contributed by atoms with Crippen molar-refractivity contribution in [3.63, 3.8) is 0 Å². The summed E-state index contributed by atoms with van der Waals surface area (Å²) in [6.07, 6.45) is 0.428. The normalized spacial score (nSPS) is 15.9. The highest BCUT2D eigenvalue weighted by atomic mass is 35.5. The number of ether oxygens (including phenoxy) is 1. The number of amides is 2. The molecule has 1 heterocycles. The van der Waals surface area contributed by atoms with Crippen LogP contribution in [0.3, 0.4) is 0 Å². The van der Waals surface area contributed by atoms with Crippen LogP contribution in [0.25, 0.3) is 0 Å². The summed E-state index contributed by atoms with van der Waals surface area (Å²) in [6, 6.07) is 12.2. The van der Waals surface area contributed by atoms with Gasteiger partial charge in [-0.1, -0.05) is 35.9 Å². The first-order valence-electron chi connectivity index (χ1n) is 8.22. The van der Waals surface area contributed by atoms with Crippen molar-refractivity contribution < 1.29 is 14.3 Å². The fraction of sp³-hybridized carbons (Fsp3) is 0.263. The highest BCUT2D eigenvalue weighted by Crippen LogP contribution is 2.28. The summed E-state index contributed by atoms with van der Waals surface area (Å²) >= 11 is 6.01. The summed E-state index contributed by atoms with van der Waals surface area (Å²) in [5, 5.41) is 3.56. The molecule has 3 N–H and O–H groups in total. The van der Waals surface area contributed by atoms with E-state index >= 15 is 0 Å². The van der Waals surface area contributed by atoms with Crippen molar-refractivity contribution in [2.45, 2.75) is 19.0 Å². The van der Waals surface area contributed by atoms with E-state index < -0.39 is 11.9 Å². The van der Waals surface area contributed by atoms with E-state index in [1.54, 1.807) is 25.3 Å². The molecule has 0 radical (unpaired) electrons. The minimum absolute atomic E-state index is 0.00263. The van der Waals surface area contributed by atoms with Gasteiger partial charge in [0.25, 0.3) is 0 Å². The zero-order chi connectivity index (χ0) is 18.7. The number of primary amides is 1. The number of nitrogens with zero attached hydrogens (tertiary/aromatic N) is 1. The van der Waals surface area contributed by atoms with Crippen LogP contribution in [0, 0.1) is 0 Å². The molecule has 0 bridgehead atoms. The van der Waals surface area contributed by atoms with Crippen molar-refractivity contribution in [2.24, 2.45) is 5.73 Å². The summed E-state index contributed by atoms with van der Waals surface area (Å²) in [7, 11) is 1.54. The van der Waals surface area contributed by atoms with Crippen LogP contribution < -0.4 is 15.8 Å². The number of rotatable bonds is 5. The second-order valence-corrected chi connectivity index (χ2v) is 6.55. The molecule has 0 saturated carbocycles. The van der Waals surface area contributed by atoms with Crippen molar-refractivity contribution in [1.82, 2.24) is 4.90 Å². The molecule has 136 valence electrons.